The Kier molecular flexibility index (Phi) is 8.68. The van der Waals surface area contributed by atoms with E-state index in [0.29, 0.717) is 12.3 Å². The first-order valence-electron chi connectivity index (χ1n) is 10.1. The molecule has 9 heteroatoms. The molecule has 0 aliphatic carbocycles. The largest absolute Gasteiger partial charge is 0.508 e. The van der Waals surface area contributed by atoms with Crippen LogP contribution in [0.4, 0.5) is 11.6 Å². The van der Waals surface area contributed by atoms with Crippen molar-refractivity contribution in [2.24, 2.45) is 0 Å². The van der Waals surface area contributed by atoms with Crippen molar-refractivity contribution in [3.8, 4) is 5.75 Å². The molecule has 1 aromatic heterocycles. The van der Waals surface area contributed by atoms with E-state index in [-0.39, 0.29) is 22.5 Å². The van der Waals surface area contributed by atoms with Crippen molar-refractivity contribution in [3.63, 3.8) is 0 Å². The van der Waals surface area contributed by atoms with Gasteiger partial charge in [0.15, 0.2) is 22.5 Å². The number of aromatic hydroxyl groups is 1. The number of benzene rings is 1. The monoisotopic (exact) mass is 435 g/mol. The minimum atomic E-state index is -0.396. The van der Waals surface area contributed by atoms with Crippen LogP contribution in [0.25, 0.3) is 0 Å². The highest BCUT2D eigenvalue weighted by Gasteiger charge is 2.16. The number of nitrogens with one attached hydrogen (secondary N) is 1. The van der Waals surface area contributed by atoms with Gasteiger partial charge in [0.05, 0.1) is 27.2 Å². The lowest BCUT2D eigenvalue weighted by Gasteiger charge is -2.30. The summed E-state index contributed by atoms with van der Waals surface area (Å²) in [6.45, 7) is 2.71. The van der Waals surface area contributed by atoms with E-state index in [2.05, 4.69) is 29.4 Å². The van der Waals surface area contributed by atoms with E-state index in [1.807, 2.05) is 12.1 Å². The predicted octanol–water partition coefficient (Wildman–Crippen LogP) is 2.61. The second kappa shape index (κ2) is 11.0. The minimum absolute atomic E-state index is 0.000582. The molecule has 0 spiro atoms. The number of aromatic nitrogens is 2. The Morgan fingerprint density at radius 1 is 1.03 bits per heavy atom. The smallest absolute Gasteiger partial charge is 0.273 e. The lowest BCUT2D eigenvalue weighted by molar-refractivity contribution is -0.890. The van der Waals surface area contributed by atoms with Gasteiger partial charge in [0.1, 0.15) is 5.75 Å². The van der Waals surface area contributed by atoms with Crippen molar-refractivity contribution >= 4 is 29.1 Å². The summed E-state index contributed by atoms with van der Waals surface area (Å²) in [6, 6.07) is 7.41. The van der Waals surface area contributed by atoms with E-state index in [4.69, 9.17) is 23.1 Å². The highest BCUT2D eigenvalue weighted by molar-refractivity contribution is 6.31. The van der Waals surface area contributed by atoms with Gasteiger partial charge in [0, 0.05) is 13.0 Å². The molecule has 0 unspecified atom stereocenters. The summed E-state index contributed by atoms with van der Waals surface area (Å²) in [5, 5.41) is 12.1. The zero-order chi connectivity index (χ0) is 22.1. The maximum Gasteiger partial charge on any atom is 0.273 e. The first kappa shape index (κ1) is 23.7. The molecule has 2 rings (SSSR count). The van der Waals surface area contributed by atoms with Gasteiger partial charge in [-0.05, 0) is 43.4 Å². The van der Waals surface area contributed by atoms with Crippen molar-refractivity contribution in [2.75, 3.05) is 45.2 Å². The van der Waals surface area contributed by atoms with Crippen LogP contribution in [0.5, 0.6) is 5.75 Å². The molecule has 2 aromatic rings. The maximum atomic E-state index is 12.2. The third kappa shape index (κ3) is 7.68. The number of carbonyl (C=O) groups excluding carboxylic acids is 1. The first-order chi connectivity index (χ1) is 14.2. The van der Waals surface area contributed by atoms with Crippen molar-refractivity contribution in [2.45, 2.75) is 32.1 Å². The molecule has 164 valence electrons. The molecular formula is C21H32ClN6O2+. The average Bonchev–Trinajstić information content (AvgIpc) is 2.68. The topological polar surface area (TPSA) is 127 Å². The molecule has 6 N–H and O–H groups in total. The van der Waals surface area contributed by atoms with E-state index in [0.717, 1.165) is 49.7 Å². The van der Waals surface area contributed by atoms with Gasteiger partial charge in [-0.1, -0.05) is 23.7 Å². The fourth-order valence-corrected chi connectivity index (χ4v) is 3.35. The lowest BCUT2D eigenvalue weighted by atomic mass is 10.1. The van der Waals surface area contributed by atoms with Crippen LogP contribution in [0.2, 0.25) is 5.15 Å². The maximum absolute atomic E-state index is 12.2. The summed E-state index contributed by atoms with van der Waals surface area (Å²) in [5.74, 6) is -0.109. The zero-order valence-electron chi connectivity index (χ0n) is 17.7. The number of carbonyl (C=O) groups is 1. The summed E-state index contributed by atoms with van der Waals surface area (Å²) in [4.78, 5) is 19.9. The number of halogens is 1. The van der Waals surface area contributed by atoms with Crippen molar-refractivity contribution < 1.29 is 14.4 Å². The molecular weight excluding hydrogens is 404 g/mol. The third-order valence-electron chi connectivity index (χ3n) is 5.01. The van der Waals surface area contributed by atoms with Crippen LogP contribution in [-0.4, -0.2) is 59.2 Å². The van der Waals surface area contributed by atoms with Gasteiger partial charge < -0.3 is 26.4 Å². The molecule has 0 aliphatic heterocycles. The molecule has 8 nitrogen and oxygen atoms in total. The van der Waals surface area contributed by atoms with E-state index < -0.39 is 5.91 Å². The van der Waals surface area contributed by atoms with Crippen LogP contribution in [-0.2, 0) is 6.42 Å². The molecule has 1 aromatic carbocycles. The Balaban J connectivity index is 1.61. The summed E-state index contributed by atoms with van der Waals surface area (Å²) < 4.78 is 0.959. The normalized spacial score (nSPS) is 11.4. The van der Waals surface area contributed by atoms with Gasteiger partial charge in [-0.2, -0.15) is 0 Å². The zero-order valence-corrected chi connectivity index (χ0v) is 18.5. The number of aryl methyl sites for hydroxylation is 1. The number of anilines is 2. The number of nitrogen functional groups attached to an aromatic ring is 2. The van der Waals surface area contributed by atoms with Gasteiger partial charge in [-0.25, -0.2) is 9.97 Å². The molecule has 0 aliphatic rings. The van der Waals surface area contributed by atoms with Gasteiger partial charge in [-0.15, -0.1) is 0 Å². The van der Waals surface area contributed by atoms with E-state index in [1.165, 1.54) is 5.56 Å². The van der Waals surface area contributed by atoms with E-state index in [9.17, 15) is 9.90 Å². The fourth-order valence-electron chi connectivity index (χ4n) is 3.22. The summed E-state index contributed by atoms with van der Waals surface area (Å²) in [7, 11) is 4.48. The Labute approximate surface area is 182 Å². The second-order valence-electron chi connectivity index (χ2n) is 8.10. The molecule has 0 saturated heterocycles. The molecule has 0 atom stereocenters. The summed E-state index contributed by atoms with van der Waals surface area (Å²) in [6.07, 6.45) is 5.08. The fraction of sp³-hybridized carbons (Fsp3) is 0.476. The summed E-state index contributed by atoms with van der Waals surface area (Å²) >= 11 is 5.81. The Hall–Kier alpha value is -2.58. The standard InChI is InChI=1S/C21H31ClN6O2/c1-28(2,14-6-7-15-8-10-16(29)11-9-15)13-5-3-4-12-25-21(30)17-19(23)27-20(24)18(22)26-17/h8-11H,3-7,12-14H2,1-2H3,(H5-,23,24,25,27,29,30)/p+1. The third-order valence-corrected chi connectivity index (χ3v) is 5.29. The van der Waals surface area contributed by atoms with Crippen molar-refractivity contribution in [1.29, 1.82) is 0 Å². The summed E-state index contributed by atoms with van der Waals surface area (Å²) in [5.41, 5.74) is 12.5. The highest BCUT2D eigenvalue weighted by atomic mass is 35.5. The van der Waals surface area contributed by atoms with Crippen molar-refractivity contribution in [1.82, 2.24) is 15.3 Å². The number of phenolic OH excluding ortho intramolecular Hbond substituents is 1. The second-order valence-corrected chi connectivity index (χ2v) is 8.46. The highest BCUT2D eigenvalue weighted by Crippen LogP contribution is 2.17. The molecule has 1 heterocycles. The Morgan fingerprint density at radius 3 is 2.40 bits per heavy atom. The number of quaternary nitrogens is 1. The molecule has 0 bridgehead atoms. The first-order valence-corrected chi connectivity index (χ1v) is 10.5. The van der Waals surface area contributed by atoms with Crippen LogP contribution >= 0.6 is 11.6 Å². The lowest BCUT2D eigenvalue weighted by Crippen LogP contribution is -2.41. The number of hydrogen-bond acceptors (Lipinski definition) is 6. The number of nitrogens with two attached hydrogens (primary N) is 2. The Morgan fingerprint density at radius 2 is 1.70 bits per heavy atom. The number of phenols is 1. The number of unbranched alkanes of at least 4 members (excludes halogenated alkanes) is 2. The average molecular weight is 436 g/mol. The van der Waals surface area contributed by atoms with Gasteiger partial charge >= 0.3 is 0 Å². The van der Waals surface area contributed by atoms with Crippen LogP contribution in [0, 0.1) is 0 Å². The van der Waals surface area contributed by atoms with E-state index in [1.54, 1.807) is 12.1 Å². The van der Waals surface area contributed by atoms with Crippen LogP contribution in [0.1, 0.15) is 41.7 Å². The number of nitrogens with zero attached hydrogens (tertiary/aromatic N) is 3. The van der Waals surface area contributed by atoms with Crippen LogP contribution < -0.4 is 16.8 Å². The van der Waals surface area contributed by atoms with Gasteiger partial charge in [-0.3, -0.25) is 4.79 Å². The molecule has 1 amide bonds. The number of rotatable bonds is 11. The Bertz CT molecular complexity index is 842. The van der Waals surface area contributed by atoms with Crippen molar-refractivity contribution in [3.05, 3.63) is 40.7 Å². The number of amides is 1. The number of hydrogen-bond donors (Lipinski definition) is 4. The quantitative estimate of drug-likeness (QED) is 0.317. The van der Waals surface area contributed by atoms with Gasteiger partial charge in [0.2, 0.25) is 0 Å². The molecule has 0 fully saturated rings. The van der Waals surface area contributed by atoms with Crippen LogP contribution in [0.3, 0.4) is 0 Å². The molecule has 0 saturated carbocycles. The minimum Gasteiger partial charge on any atom is -0.508 e. The van der Waals surface area contributed by atoms with E-state index >= 15 is 0 Å². The SMILES string of the molecule is C[N+](C)(CCCCCNC(=O)c1nc(Cl)c(N)nc1N)CCCc1ccc(O)cc1. The molecule has 0 radical (unpaired) electrons. The molecule has 30 heavy (non-hydrogen) atoms. The van der Waals surface area contributed by atoms with Crippen LogP contribution in [0.15, 0.2) is 24.3 Å². The van der Waals surface area contributed by atoms with Gasteiger partial charge in [0.25, 0.3) is 5.91 Å². The predicted molar refractivity (Wildman–Crippen MR) is 120 cm³/mol.